The van der Waals surface area contributed by atoms with Crippen LogP contribution in [0.3, 0.4) is 0 Å². The van der Waals surface area contributed by atoms with E-state index in [2.05, 4.69) is 0 Å². The highest BCUT2D eigenvalue weighted by Gasteiger charge is 2.20. The van der Waals surface area contributed by atoms with E-state index in [-0.39, 0.29) is 11.8 Å². The standard InChI is InChI=1S/C27H36N2O3/c1-3-32-25-16-14-23(15-17-25)20-27(31)28-18-10-6-4-5-7-11-19-29(22(2)30)26-13-9-8-12-24(26)21-28/h8-9,12-17H,3-7,10-11,18-21H2,1-2H3. The minimum atomic E-state index is 0.0552. The lowest BCUT2D eigenvalue weighted by Crippen LogP contribution is -2.35. The molecule has 2 amide bonds. The van der Waals surface area contributed by atoms with Gasteiger partial charge in [-0.2, -0.15) is 0 Å². The quantitative estimate of drug-likeness (QED) is 0.648. The lowest BCUT2D eigenvalue weighted by Gasteiger charge is -2.28. The molecule has 0 fully saturated rings. The maximum atomic E-state index is 13.3. The molecule has 0 radical (unpaired) electrons. The zero-order valence-corrected chi connectivity index (χ0v) is 19.5. The Bertz CT molecular complexity index is 879. The fraction of sp³-hybridized carbons (Fsp3) is 0.481. The number of anilines is 1. The van der Waals surface area contributed by atoms with Gasteiger partial charge in [0.2, 0.25) is 11.8 Å². The predicted octanol–water partition coefficient (Wildman–Crippen LogP) is 5.36. The van der Waals surface area contributed by atoms with Gasteiger partial charge in [-0.15, -0.1) is 0 Å². The molecule has 1 heterocycles. The highest BCUT2D eigenvalue weighted by Crippen LogP contribution is 2.25. The summed E-state index contributed by atoms with van der Waals surface area (Å²) in [5.74, 6) is 0.997. The van der Waals surface area contributed by atoms with Gasteiger partial charge in [-0.25, -0.2) is 0 Å². The van der Waals surface area contributed by atoms with E-state index < -0.39 is 0 Å². The molecule has 0 saturated heterocycles. The van der Waals surface area contributed by atoms with E-state index in [1.54, 1.807) is 6.92 Å². The van der Waals surface area contributed by atoms with Gasteiger partial charge in [0.1, 0.15) is 5.75 Å². The van der Waals surface area contributed by atoms with E-state index in [0.717, 1.165) is 61.3 Å². The van der Waals surface area contributed by atoms with Crippen molar-refractivity contribution in [1.29, 1.82) is 0 Å². The molecule has 32 heavy (non-hydrogen) atoms. The van der Waals surface area contributed by atoms with Crippen LogP contribution in [0.2, 0.25) is 0 Å². The van der Waals surface area contributed by atoms with Crippen molar-refractivity contribution in [3.63, 3.8) is 0 Å². The average Bonchev–Trinajstić information content (AvgIpc) is 2.80. The van der Waals surface area contributed by atoms with Crippen molar-refractivity contribution in [3.8, 4) is 5.75 Å². The van der Waals surface area contributed by atoms with Crippen LogP contribution in [-0.4, -0.2) is 36.4 Å². The Morgan fingerprint density at radius 1 is 0.875 bits per heavy atom. The van der Waals surface area contributed by atoms with Crippen LogP contribution < -0.4 is 9.64 Å². The lowest BCUT2D eigenvalue weighted by atomic mass is 10.1. The van der Waals surface area contributed by atoms with Crippen LogP contribution in [0.5, 0.6) is 5.75 Å². The molecular weight excluding hydrogens is 400 g/mol. The number of rotatable bonds is 4. The van der Waals surface area contributed by atoms with Crippen molar-refractivity contribution < 1.29 is 14.3 Å². The molecule has 0 spiro atoms. The summed E-state index contributed by atoms with van der Waals surface area (Å²) < 4.78 is 5.51. The second-order valence-corrected chi connectivity index (χ2v) is 8.49. The summed E-state index contributed by atoms with van der Waals surface area (Å²) in [6.07, 6.45) is 6.99. The van der Waals surface area contributed by atoms with Crippen molar-refractivity contribution >= 4 is 17.5 Å². The molecule has 3 rings (SSSR count). The van der Waals surface area contributed by atoms with Gasteiger partial charge >= 0.3 is 0 Å². The van der Waals surface area contributed by atoms with Crippen LogP contribution in [0.1, 0.15) is 63.5 Å². The fourth-order valence-corrected chi connectivity index (χ4v) is 4.29. The van der Waals surface area contributed by atoms with Gasteiger partial charge in [0.25, 0.3) is 0 Å². The van der Waals surface area contributed by atoms with Crippen LogP contribution >= 0.6 is 0 Å². The molecule has 2 aromatic carbocycles. The van der Waals surface area contributed by atoms with Crippen LogP contribution in [0.25, 0.3) is 0 Å². The van der Waals surface area contributed by atoms with Crippen molar-refractivity contribution in [2.24, 2.45) is 0 Å². The van der Waals surface area contributed by atoms with Gasteiger partial charge in [-0.3, -0.25) is 9.59 Å². The number of hydrogen-bond acceptors (Lipinski definition) is 3. The zero-order chi connectivity index (χ0) is 22.8. The fourth-order valence-electron chi connectivity index (χ4n) is 4.29. The first-order valence-corrected chi connectivity index (χ1v) is 11.9. The van der Waals surface area contributed by atoms with Gasteiger partial charge in [0, 0.05) is 32.2 Å². The average molecular weight is 437 g/mol. The van der Waals surface area contributed by atoms with E-state index >= 15 is 0 Å². The summed E-state index contributed by atoms with van der Waals surface area (Å²) in [7, 11) is 0. The summed E-state index contributed by atoms with van der Waals surface area (Å²) in [6, 6.07) is 15.8. The van der Waals surface area contributed by atoms with Crippen LogP contribution in [0, 0.1) is 0 Å². The Balaban J connectivity index is 1.81. The maximum Gasteiger partial charge on any atom is 0.227 e. The van der Waals surface area contributed by atoms with Crippen molar-refractivity contribution in [2.75, 3.05) is 24.6 Å². The predicted molar refractivity (Wildman–Crippen MR) is 129 cm³/mol. The Kier molecular flexibility index (Phi) is 9.14. The third-order valence-corrected chi connectivity index (χ3v) is 6.03. The van der Waals surface area contributed by atoms with E-state index in [1.807, 2.05) is 65.3 Å². The Labute approximate surface area is 192 Å². The molecular formula is C27H36N2O3. The Hall–Kier alpha value is -2.82. The summed E-state index contributed by atoms with van der Waals surface area (Å²) in [4.78, 5) is 29.6. The highest BCUT2D eigenvalue weighted by atomic mass is 16.5. The monoisotopic (exact) mass is 436 g/mol. The summed E-state index contributed by atoms with van der Waals surface area (Å²) in [5, 5.41) is 0. The molecule has 5 heteroatoms. The molecule has 0 aliphatic carbocycles. The van der Waals surface area contributed by atoms with Crippen molar-refractivity contribution in [1.82, 2.24) is 4.90 Å². The van der Waals surface area contributed by atoms with Crippen LogP contribution in [0.15, 0.2) is 48.5 Å². The first kappa shape index (κ1) is 23.8. The largest absolute Gasteiger partial charge is 0.494 e. The number of fused-ring (bicyclic) bond motifs is 1. The number of carbonyl (C=O) groups is 2. The molecule has 0 aromatic heterocycles. The molecule has 1 aliphatic rings. The SMILES string of the molecule is CCOc1ccc(CC(=O)N2CCCCCCCCN(C(C)=O)c3ccccc3C2)cc1. The molecule has 1 aliphatic heterocycles. The number of benzene rings is 2. The minimum absolute atomic E-state index is 0.0552. The second kappa shape index (κ2) is 12.3. The lowest BCUT2D eigenvalue weighted by molar-refractivity contribution is -0.131. The second-order valence-electron chi connectivity index (χ2n) is 8.49. The number of carbonyl (C=O) groups excluding carboxylic acids is 2. The van der Waals surface area contributed by atoms with Gasteiger partial charge in [0.05, 0.1) is 13.0 Å². The van der Waals surface area contributed by atoms with Crippen molar-refractivity contribution in [3.05, 3.63) is 59.7 Å². The number of hydrogen-bond donors (Lipinski definition) is 0. The van der Waals surface area contributed by atoms with Gasteiger partial charge in [-0.05, 0) is 49.1 Å². The topological polar surface area (TPSA) is 49.9 Å². The molecule has 0 N–H and O–H groups in total. The zero-order valence-electron chi connectivity index (χ0n) is 19.5. The Morgan fingerprint density at radius 2 is 1.53 bits per heavy atom. The van der Waals surface area contributed by atoms with E-state index in [1.165, 1.54) is 12.8 Å². The van der Waals surface area contributed by atoms with Crippen molar-refractivity contribution in [2.45, 2.75) is 65.3 Å². The van der Waals surface area contributed by atoms with Crippen LogP contribution in [0.4, 0.5) is 5.69 Å². The molecule has 172 valence electrons. The van der Waals surface area contributed by atoms with Gasteiger partial charge in [-0.1, -0.05) is 56.0 Å². The Morgan fingerprint density at radius 3 is 2.22 bits per heavy atom. The maximum absolute atomic E-state index is 13.3. The summed E-state index contributed by atoms with van der Waals surface area (Å²) in [6.45, 7) is 6.21. The van der Waals surface area contributed by atoms with E-state index in [0.29, 0.717) is 19.6 Å². The first-order valence-electron chi connectivity index (χ1n) is 11.9. The highest BCUT2D eigenvalue weighted by molar-refractivity contribution is 5.92. The van der Waals surface area contributed by atoms with Crippen LogP contribution in [-0.2, 0) is 22.6 Å². The minimum Gasteiger partial charge on any atom is -0.494 e. The first-order chi connectivity index (χ1) is 15.6. The summed E-state index contributed by atoms with van der Waals surface area (Å²) >= 11 is 0. The third-order valence-electron chi connectivity index (χ3n) is 6.03. The number of para-hydroxylation sites is 1. The number of amides is 2. The molecule has 0 saturated carbocycles. The number of nitrogens with zero attached hydrogens (tertiary/aromatic N) is 2. The van der Waals surface area contributed by atoms with E-state index in [9.17, 15) is 9.59 Å². The number of ether oxygens (including phenoxy) is 1. The molecule has 0 bridgehead atoms. The normalized spacial score (nSPS) is 15.7. The smallest absolute Gasteiger partial charge is 0.227 e. The molecule has 0 atom stereocenters. The summed E-state index contributed by atoms with van der Waals surface area (Å²) in [5.41, 5.74) is 2.94. The molecule has 0 unspecified atom stereocenters. The third kappa shape index (κ3) is 6.84. The van der Waals surface area contributed by atoms with Gasteiger partial charge < -0.3 is 14.5 Å². The van der Waals surface area contributed by atoms with Gasteiger partial charge in [0.15, 0.2) is 0 Å². The molecule has 2 aromatic rings. The molecule has 5 nitrogen and oxygen atoms in total. The van der Waals surface area contributed by atoms with E-state index in [4.69, 9.17) is 4.74 Å².